The van der Waals surface area contributed by atoms with Crippen molar-refractivity contribution in [2.24, 2.45) is 0 Å². The number of hydrogen-bond donors (Lipinski definition) is 0. The number of benzene rings is 3. The first-order valence-corrected chi connectivity index (χ1v) is 18.4. The Morgan fingerprint density at radius 1 is 0.744 bits per heavy atom. The van der Waals surface area contributed by atoms with Crippen LogP contribution in [0.15, 0.2) is 84.9 Å². The third kappa shape index (κ3) is 10.00. The molecule has 1 aliphatic heterocycles. The summed E-state index contributed by atoms with van der Waals surface area (Å²) in [5.41, 5.74) is 3.48. The van der Waals surface area contributed by atoms with Crippen LogP contribution < -0.4 is 4.74 Å². The van der Waals surface area contributed by atoms with E-state index >= 15 is 0 Å². The van der Waals surface area contributed by atoms with Gasteiger partial charge in [0.2, 0.25) is 0 Å². The molecule has 0 radical (unpaired) electrons. The quantitative estimate of drug-likeness (QED) is 0.131. The summed E-state index contributed by atoms with van der Waals surface area (Å²) in [4.78, 5) is 0. The Bertz CT molecular complexity index is 1200. The molecule has 0 aromatic heterocycles. The normalized spacial score (nSPS) is 21.1. The first-order chi connectivity index (χ1) is 20.7. The van der Waals surface area contributed by atoms with Crippen molar-refractivity contribution in [2.75, 3.05) is 26.9 Å². The van der Waals surface area contributed by atoms with E-state index in [1.165, 1.54) is 5.56 Å². The zero-order valence-corrected chi connectivity index (χ0v) is 27.8. The van der Waals surface area contributed by atoms with Crippen molar-refractivity contribution in [3.05, 3.63) is 102 Å². The van der Waals surface area contributed by atoms with Crippen LogP contribution in [-0.4, -0.2) is 59.7 Å². The van der Waals surface area contributed by atoms with Crippen LogP contribution >= 0.6 is 0 Å². The van der Waals surface area contributed by atoms with Crippen molar-refractivity contribution in [1.29, 1.82) is 0 Å². The van der Waals surface area contributed by atoms with E-state index in [1.54, 1.807) is 7.11 Å². The van der Waals surface area contributed by atoms with E-state index < -0.39 is 8.32 Å². The standard InChI is InChI=1S/C36H50O6Si/c1-36(2,3)43(5,6)42-27-33-34(38-23-13-18-28-14-9-7-10-15-28)35(41-25-29-16-11-8-12-17-29)32(26-40-33)39-24-30-19-21-31(37-4)22-20-30/h7-12,14-17,19-22,32-35H,13,18,23-27H2,1-6H3/t32?,33?,34-,35+/m0/s1. The summed E-state index contributed by atoms with van der Waals surface area (Å²) in [7, 11) is -0.325. The Morgan fingerprint density at radius 2 is 1.35 bits per heavy atom. The van der Waals surface area contributed by atoms with Gasteiger partial charge >= 0.3 is 0 Å². The van der Waals surface area contributed by atoms with Gasteiger partial charge in [0.15, 0.2) is 8.32 Å². The molecule has 0 bridgehead atoms. The van der Waals surface area contributed by atoms with Gasteiger partial charge < -0.3 is 28.1 Å². The molecule has 1 fully saturated rings. The van der Waals surface area contributed by atoms with Gasteiger partial charge in [-0.1, -0.05) is 93.6 Å². The van der Waals surface area contributed by atoms with Crippen molar-refractivity contribution >= 4 is 8.32 Å². The van der Waals surface area contributed by atoms with Gasteiger partial charge in [-0.2, -0.15) is 0 Å². The second kappa shape index (κ2) is 16.0. The number of rotatable bonds is 15. The molecule has 2 unspecified atom stereocenters. The third-order valence-electron chi connectivity index (χ3n) is 8.62. The highest BCUT2D eigenvalue weighted by Crippen LogP contribution is 2.37. The number of methoxy groups -OCH3 is 1. The largest absolute Gasteiger partial charge is 0.497 e. The van der Waals surface area contributed by atoms with Gasteiger partial charge in [0.25, 0.3) is 0 Å². The van der Waals surface area contributed by atoms with Gasteiger partial charge in [-0.25, -0.2) is 0 Å². The lowest BCUT2D eigenvalue weighted by atomic mass is 9.99. The van der Waals surface area contributed by atoms with Crippen LogP contribution in [0.5, 0.6) is 5.75 Å². The molecule has 1 heterocycles. The van der Waals surface area contributed by atoms with Crippen molar-refractivity contribution in [2.45, 2.75) is 89.4 Å². The Morgan fingerprint density at radius 3 is 1.98 bits per heavy atom. The topological polar surface area (TPSA) is 55.4 Å². The van der Waals surface area contributed by atoms with Crippen LogP contribution in [0.2, 0.25) is 18.1 Å². The molecule has 3 aromatic rings. The maximum absolute atomic E-state index is 6.67. The molecule has 43 heavy (non-hydrogen) atoms. The van der Waals surface area contributed by atoms with Gasteiger partial charge in [0, 0.05) is 6.61 Å². The third-order valence-corrected chi connectivity index (χ3v) is 13.1. The zero-order chi connectivity index (χ0) is 30.7. The van der Waals surface area contributed by atoms with Crippen LogP contribution in [0.25, 0.3) is 0 Å². The van der Waals surface area contributed by atoms with Crippen molar-refractivity contribution < 1.29 is 28.1 Å². The Kier molecular flexibility index (Phi) is 12.4. The first kappa shape index (κ1) is 33.4. The molecule has 234 valence electrons. The molecule has 0 saturated carbocycles. The predicted octanol–water partition coefficient (Wildman–Crippen LogP) is 7.60. The van der Waals surface area contributed by atoms with E-state index in [9.17, 15) is 0 Å². The summed E-state index contributed by atoms with van der Waals surface area (Å²) in [6, 6.07) is 28.7. The van der Waals surface area contributed by atoms with Gasteiger partial charge in [0.1, 0.15) is 30.2 Å². The smallest absolute Gasteiger partial charge is 0.192 e. The predicted molar refractivity (Wildman–Crippen MR) is 174 cm³/mol. The minimum Gasteiger partial charge on any atom is -0.497 e. The molecule has 0 N–H and O–H groups in total. The summed E-state index contributed by atoms with van der Waals surface area (Å²) in [5.74, 6) is 0.822. The molecule has 1 saturated heterocycles. The van der Waals surface area contributed by atoms with Crippen LogP contribution in [0.3, 0.4) is 0 Å². The highest BCUT2D eigenvalue weighted by atomic mass is 28.4. The van der Waals surface area contributed by atoms with E-state index in [0.717, 1.165) is 29.7 Å². The fourth-order valence-corrected chi connectivity index (χ4v) is 5.87. The molecular weight excluding hydrogens is 556 g/mol. The molecule has 4 rings (SSSR count). The minimum absolute atomic E-state index is 0.0981. The SMILES string of the molecule is COc1ccc(COC2COC(CO[Si](C)(C)C(C)(C)C)[C@H](OCCCc3ccccc3)[C@@H]2OCc2ccccc2)cc1. The van der Waals surface area contributed by atoms with Crippen LogP contribution in [0, 0.1) is 0 Å². The fourth-order valence-electron chi connectivity index (χ4n) is 4.86. The van der Waals surface area contributed by atoms with Crippen molar-refractivity contribution in [1.82, 2.24) is 0 Å². The summed E-state index contributed by atoms with van der Waals surface area (Å²) in [6.45, 7) is 13.7. The zero-order valence-electron chi connectivity index (χ0n) is 26.8. The molecule has 0 amide bonds. The van der Waals surface area contributed by atoms with Crippen molar-refractivity contribution in [3.8, 4) is 5.75 Å². The Hall–Kier alpha value is -2.52. The average molecular weight is 607 g/mol. The maximum Gasteiger partial charge on any atom is 0.192 e. The van der Waals surface area contributed by atoms with E-state index in [1.807, 2.05) is 48.5 Å². The Labute approximate surface area is 259 Å². The fraction of sp³-hybridized carbons (Fsp3) is 0.500. The van der Waals surface area contributed by atoms with Gasteiger partial charge in [0.05, 0.1) is 33.5 Å². The molecular formula is C36H50O6Si. The summed E-state index contributed by atoms with van der Waals surface area (Å²) in [5, 5.41) is 0.0981. The van der Waals surface area contributed by atoms with Crippen LogP contribution in [0.1, 0.15) is 43.9 Å². The molecule has 4 atom stereocenters. The van der Waals surface area contributed by atoms with Gasteiger partial charge in [-0.3, -0.25) is 0 Å². The lowest BCUT2D eigenvalue weighted by molar-refractivity contribution is -0.240. The lowest BCUT2D eigenvalue weighted by Crippen LogP contribution is -2.58. The highest BCUT2D eigenvalue weighted by molar-refractivity contribution is 6.74. The summed E-state index contributed by atoms with van der Waals surface area (Å²) >= 11 is 0. The second-order valence-electron chi connectivity index (χ2n) is 12.8. The molecule has 0 spiro atoms. The minimum atomic E-state index is -2.00. The van der Waals surface area contributed by atoms with Crippen LogP contribution in [-0.2, 0) is 43.0 Å². The van der Waals surface area contributed by atoms with Crippen LogP contribution in [0.4, 0.5) is 0 Å². The summed E-state index contributed by atoms with van der Waals surface area (Å²) < 4.78 is 38.3. The van der Waals surface area contributed by atoms with E-state index in [0.29, 0.717) is 33.0 Å². The maximum atomic E-state index is 6.67. The number of hydrogen-bond acceptors (Lipinski definition) is 6. The molecule has 3 aromatic carbocycles. The van der Waals surface area contributed by atoms with Gasteiger partial charge in [-0.15, -0.1) is 0 Å². The van der Waals surface area contributed by atoms with Gasteiger partial charge in [-0.05, 0) is 59.8 Å². The van der Waals surface area contributed by atoms with E-state index in [2.05, 4.69) is 70.3 Å². The lowest BCUT2D eigenvalue weighted by Gasteiger charge is -2.44. The first-order valence-electron chi connectivity index (χ1n) is 15.5. The summed E-state index contributed by atoms with van der Waals surface area (Å²) in [6.07, 6.45) is 0.642. The monoisotopic (exact) mass is 606 g/mol. The van der Waals surface area contributed by atoms with E-state index in [-0.39, 0.29) is 29.5 Å². The molecule has 7 heteroatoms. The average Bonchev–Trinajstić information content (AvgIpc) is 3.01. The number of aryl methyl sites for hydroxylation is 1. The second-order valence-corrected chi connectivity index (χ2v) is 17.6. The molecule has 6 nitrogen and oxygen atoms in total. The van der Waals surface area contributed by atoms with E-state index in [4.69, 9.17) is 28.1 Å². The Balaban J connectivity index is 1.51. The highest BCUT2D eigenvalue weighted by Gasteiger charge is 2.45. The molecule has 0 aliphatic carbocycles. The molecule has 1 aliphatic rings. The number of ether oxygens (including phenoxy) is 5. The van der Waals surface area contributed by atoms with Crippen molar-refractivity contribution in [3.63, 3.8) is 0 Å².